The third-order valence-electron chi connectivity index (χ3n) is 5.28. The normalized spacial score (nSPS) is 15.4. The van der Waals surface area contributed by atoms with Gasteiger partial charge < -0.3 is 19.9 Å². The van der Waals surface area contributed by atoms with Crippen LogP contribution in [0.4, 0.5) is 11.5 Å². The number of nitrogens with one attached hydrogen (secondary N) is 2. The number of nitrogens with zero attached hydrogens (tertiary/aromatic N) is 2. The van der Waals surface area contributed by atoms with E-state index in [1.165, 1.54) is 4.90 Å². The number of hydrogen-bond acceptors (Lipinski definition) is 6. The summed E-state index contributed by atoms with van der Waals surface area (Å²) in [6.07, 6.45) is 2.60. The van der Waals surface area contributed by atoms with Crippen LogP contribution in [0.2, 0.25) is 0 Å². The minimum Gasteiger partial charge on any atom is -0.376 e. The van der Waals surface area contributed by atoms with E-state index in [2.05, 4.69) is 15.8 Å². The summed E-state index contributed by atoms with van der Waals surface area (Å²) in [5.41, 5.74) is 1.76. The van der Waals surface area contributed by atoms with E-state index in [1.54, 1.807) is 13.0 Å². The zero-order chi connectivity index (χ0) is 22.9. The summed E-state index contributed by atoms with van der Waals surface area (Å²) in [6, 6.07) is 9.14. The average molecular weight is 443 g/mol. The number of carbonyl (C=O) groups is 3. The molecule has 1 fully saturated rings. The number of amides is 3. The fraction of sp³-hybridized carbons (Fsp3) is 0.478. The van der Waals surface area contributed by atoms with Crippen molar-refractivity contribution in [3.05, 3.63) is 41.7 Å². The molecule has 0 unspecified atom stereocenters. The highest BCUT2D eigenvalue weighted by atomic mass is 16.5. The quantitative estimate of drug-likeness (QED) is 0.585. The van der Waals surface area contributed by atoms with Gasteiger partial charge in [0.25, 0.3) is 0 Å². The van der Waals surface area contributed by atoms with Gasteiger partial charge in [-0.1, -0.05) is 30.3 Å². The Hall–Kier alpha value is -3.20. The Balaban J connectivity index is 1.57. The van der Waals surface area contributed by atoms with Crippen molar-refractivity contribution in [2.45, 2.75) is 52.1 Å². The summed E-state index contributed by atoms with van der Waals surface area (Å²) >= 11 is 0. The van der Waals surface area contributed by atoms with Crippen LogP contribution in [0.25, 0.3) is 0 Å². The van der Waals surface area contributed by atoms with Crippen molar-refractivity contribution in [3.8, 4) is 0 Å². The molecule has 2 heterocycles. The lowest BCUT2D eigenvalue weighted by Crippen LogP contribution is -2.43. The van der Waals surface area contributed by atoms with Crippen molar-refractivity contribution in [2.24, 2.45) is 0 Å². The van der Waals surface area contributed by atoms with Crippen LogP contribution < -0.4 is 15.5 Å². The molecule has 9 heteroatoms. The summed E-state index contributed by atoms with van der Waals surface area (Å²) < 4.78 is 10.6. The second-order valence-corrected chi connectivity index (χ2v) is 7.77. The third kappa shape index (κ3) is 6.65. The first-order chi connectivity index (χ1) is 15.5. The molecule has 0 saturated carbocycles. The second kappa shape index (κ2) is 11.4. The summed E-state index contributed by atoms with van der Waals surface area (Å²) in [7, 11) is 0. The molecule has 1 saturated heterocycles. The fourth-order valence-corrected chi connectivity index (χ4v) is 3.53. The topological polar surface area (TPSA) is 114 Å². The molecular weight excluding hydrogens is 412 g/mol. The lowest BCUT2D eigenvalue weighted by Gasteiger charge is -2.20. The maximum atomic E-state index is 12.9. The van der Waals surface area contributed by atoms with Crippen LogP contribution in [-0.2, 0) is 25.5 Å². The van der Waals surface area contributed by atoms with E-state index in [1.807, 2.05) is 31.2 Å². The molecule has 0 bridgehead atoms. The van der Waals surface area contributed by atoms with Crippen molar-refractivity contribution in [3.63, 3.8) is 0 Å². The Morgan fingerprint density at radius 3 is 2.69 bits per heavy atom. The Bertz CT molecular complexity index is 936. The van der Waals surface area contributed by atoms with Crippen LogP contribution >= 0.6 is 0 Å². The third-order valence-corrected chi connectivity index (χ3v) is 5.28. The molecule has 0 radical (unpaired) electrons. The van der Waals surface area contributed by atoms with Crippen molar-refractivity contribution in [1.29, 1.82) is 0 Å². The smallest absolute Gasteiger partial charge is 0.240 e. The highest BCUT2D eigenvalue weighted by molar-refractivity contribution is 6.00. The van der Waals surface area contributed by atoms with E-state index >= 15 is 0 Å². The fourth-order valence-electron chi connectivity index (χ4n) is 3.53. The molecule has 0 aliphatic carbocycles. The van der Waals surface area contributed by atoms with Gasteiger partial charge in [-0.2, -0.15) is 0 Å². The predicted octanol–water partition coefficient (Wildman–Crippen LogP) is 2.59. The molecule has 1 aliphatic rings. The standard InChI is InChI=1S/C23H30N4O5/c1-3-17-7-4-5-9-19(17)25-21(28)10-11-23(30)27(20-13-16(2)32-26-20)15-22(29)24-14-18-8-6-12-31-18/h4-5,7,9,13,18H,3,6,8,10-12,14-15H2,1-2H3,(H,24,29)(H,25,28)/t18-/m1/s1. The number of hydrogen-bond donors (Lipinski definition) is 2. The molecule has 1 aromatic carbocycles. The minimum absolute atomic E-state index is 0.00657. The number of aromatic nitrogens is 1. The van der Waals surface area contributed by atoms with Gasteiger partial charge in [-0.25, -0.2) is 0 Å². The van der Waals surface area contributed by atoms with Crippen molar-refractivity contribution in [1.82, 2.24) is 10.5 Å². The molecule has 3 amide bonds. The van der Waals surface area contributed by atoms with Crippen LogP contribution in [-0.4, -0.2) is 48.7 Å². The lowest BCUT2D eigenvalue weighted by molar-refractivity contribution is -0.125. The monoisotopic (exact) mass is 442 g/mol. The van der Waals surface area contributed by atoms with Gasteiger partial charge in [0.1, 0.15) is 12.3 Å². The molecule has 1 aliphatic heterocycles. The van der Waals surface area contributed by atoms with Crippen LogP contribution in [0.1, 0.15) is 43.9 Å². The maximum absolute atomic E-state index is 12.9. The second-order valence-electron chi connectivity index (χ2n) is 7.77. The van der Waals surface area contributed by atoms with Gasteiger partial charge in [0.05, 0.1) is 6.10 Å². The maximum Gasteiger partial charge on any atom is 0.240 e. The van der Waals surface area contributed by atoms with Crippen molar-refractivity contribution < 1.29 is 23.6 Å². The Kier molecular flexibility index (Phi) is 8.38. The molecule has 32 heavy (non-hydrogen) atoms. The van der Waals surface area contributed by atoms with Crippen LogP contribution in [0.15, 0.2) is 34.9 Å². The predicted molar refractivity (Wildman–Crippen MR) is 119 cm³/mol. The Morgan fingerprint density at radius 2 is 2.00 bits per heavy atom. The number of carbonyl (C=O) groups excluding carboxylic acids is 3. The zero-order valence-electron chi connectivity index (χ0n) is 18.6. The van der Waals surface area contributed by atoms with Gasteiger partial charge in [-0.3, -0.25) is 19.3 Å². The highest BCUT2D eigenvalue weighted by Crippen LogP contribution is 2.18. The largest absolute Gasteiger partial charge is 0.376 e. The van der Waals surface area contributed by atoms with E-state index in [0.717, 1.165) is 30.5 Å². The van der Waals surface area contributed by atoms with Crippen molar-refractivity contribution in [2.75, 3.05) is 29.9 Å². The SMILES string of the molecule is CCc1ccccc1NC(=O)CCC(=O)N(CC(=O)NC[C@H]1CCCO1)c1cc(C)on1. The zero-order valence-corrected chi connectivity index (χ0v) is 18.6. The van der Waals surface area contributed by atoms with Gasteiger partial charge in [0, 0.05) is 37.7 Å². The van der Waals surface area contributed by atoms with E-state index in [4.69, 9.17) is 9.26 Å². The first-order valence-corrected chi connectivity index (χ1v) is 11.0. The number of anilines is 2. The van der Waals surface area contributed by atoms with E-state index in [-0.39, 0.29) is 49.0 Å². The lowest BCUT2D eigenvalue weighted by atomic mass is 10.1. The first-order valence-electron chi connectivity index (χ1n) is 11.0. The summed E-state index contributed by atoms with van der Waals surface area (Å²) in [5.74, 6) is -0.207. The molecular formula is C23H30N4O5. The Labute approximate surface area is 187 Å². The molecule has 2 aromatic rings. The van der Waals surface area contributed by atoms with Crippen LogP contribution in [0, 0.1) is 6.92 Å². The molecule has 9 nitrogen and oxygen atoms in total. The average Bonchev–Trinajstić information content (AvgIpc) is 3.46. The summed E-state index contributed by atoms with van der Waals surface area (Å²) in [6.45, 7) is 4.61. The van der Waals surface area contributed by atoms with E-state index in [0.29, 0.717) is 18.9 Å². The molecule has 0 spiro atoms. The number of rotatable bonds is 10. The number of ether oxygens (including phenoxy) is 1. The van der Waals surface area contributed by atoms with E-state index < -0.39 is 0 Å². The molecule has 172 valence electrons. The minimum atomic E-state index is -0.385. The van der Waals surface area contributed by atoms with Crippen molar-refractivity contribution >= 4 is 29.2 Å². The molecule has 1 atom stereocenters. The highest BCUT2D eigenvalue weighted by Gasteiger charge is 2.24. The van der Waals surface area contributed by atoms with E-state index in [9.17, 15) is 14.4 Å². The van der Waals surface area contributed by atoms with Gasteiger partial charge in [-0.05, 0) is 37.8 Å². The van der Waals surface area contributed by atoms with Gasteiger partial charge >= 0.3 is 0 Å². The van der Waals surface area contributed by atoms with Gasteiger partial charge in [0.15, 0.2) is 5.82 Å². The molecule has 3 rings (SSSR count). The van der Waals surface area contributed by atoms with Gasteiger partial charge in [0.2, 0.25) is 17.7 Å². The first kappa shape index (κ1) is 23.5. The number of para-hydroxylation sites is 1. The number of aryl methyl sites for hydroxylation is 2. The van der Waals surface area contributed by atoms with Crippen LogP contribution in [0.3, 0.4) is 0 Å². The molecule has 1 aromatic heterocycles. The van der Waals surface area contributed by atoms with Crippen LogP contribution in [0.5, 0.6) is 0 Å². The molecule has 2 N–H and O–H groups in total. The van der Waals surface area contributed by atoms with Gasteiger partial charge in [-0.15, -0.1) is 0 Å². The Morgan fingerprint density at radius 1 is 1.19 bits per heavy atom. The summed E-state index contributed by atoms with van der Waals surface area (Å²) in [4.78, 5) is 39.0. The summed E-state index contributed by atoms with van der Waals surface area (Å²) in [5, 5.41) is 9.53. The number of benzene rings is 1.